The number of piperidine rings is 1. The van der Waals surface area contributed by atoms with Crippen LogP contribution in [0.1, 0.15) is 43.9 Å². The molecule has 1 aromatic carbocycles. The van der Waals surface area contributed by atoms with E-state index in [0.29, 0.717) is 11.6 Å². The van der Waals surface area contributed by atoms with Crippen LogP contribution >= 0.6 is 0 Å². The van der Waals surface area contributed by atoms with E-state index in [9.17, 15) is 0 Å². The second kappa shape index (κ2) is 6.15. The Morgan fingerprint density at radius 2 is 1.95 bits per heavy atom. The SMILES string of the molecule is CNC1(C)CCN(C(C)c2cc(C)ccc2OC)CC1. The molecular formula is C17H28N2O. The fourth-order valence-corrected chi connectivity index (χ4v) is 3.03. The molecule has 20 heavy (non-hydrogen) atoms. The smallest absolute Gasteiger partial charge is 0.123 e. The van der Waals surface area contributed by atoms with Crippen molar-refractivity contribution in [3.63, 3.8) is 0 Å². The summed E-state index contributed by atoms with van der Waals surface area (Å²) in [5.41, 5.74) is 2.90. The monoisotopic (exact) mass is 276 g/mol. The van der Waals surface area contributed by atoms with Crippen LogP contribution in [-0.4, -0.2) is 37.7 Å². The minimum atomic E-state index is 0.299. The first kappa shape index (κ1) is 15.3. The lowest BCUT2D eigenvalue weighted by Crippen LogP contribution is -2.50. The number of nitrogens with zero attached hydrogens (tertiary/aromatic N) is 1. The van der Waals surface area contributed by atoms with Gasteiger partial charge < -0.3 is 10.1 Å². The van der Waals surface area contributed by atoms with E-state index in [2.05, 4.69) is 56.2 Å². The van der Waals surface area contributed by atoms with E-state index in [1.807, 2.05) is 0 Å². The van der Waals surface area contributed by atoms with Gasteiger partial charge in [-0.15, -0.1) is 0 Å². The fourth-order valence-electron chi connectivity index (χ4n) is 3.03. The first-order valence-electron chi connectivity index (χ1n) is 7.56. The summed E-state index contributed by atoms with van der Waals surface area (Å²) >= 11 is 0. The molecule has 1 heterocycles. The molecule has 1 aliphatic heterocycles. The Balaban J connectivity index is 2.12. The van der Waals surface area contributed by atoms with Gasteiger partial charge >= 0.3 is 0 Å². The van der Waals surface area contributed by atoms with Crippen LogP contribution in [0.15, 0.2) is 18.2 Å². The number of rotatable bonds is 4. The molecule has 0 aromatic heterocycles. The van der Waals surface area contributed by atoms with Crippen molar-refractivity contribution in [1.29, 1.82) is 0 Å². The second-order valence-electron chi connectivity index (χ2n) is 6.27. The minimum Gasteiger partial charge on any atom is -0.496 e. The minimum absolute atomic E-state index is 0.299. The molecule has 1 fully saturated rings. The summed E-state index contributed by atoms with van der Waals surface area (Å²) in [5.74, 6) is 1.00. The van der Waals surface area contributed by atoms with Gasteiger partial charge in [-0.05, 0) is 46.7 Å². The molecule has 1 unspecified atom stereocenters. The van der Waals surface area contributed by atoms with Gasteiger partial charge in [-0.1, -0.05) is 17.7 Å². The van der Waals surface area contributed by atoms with Crippen molar-refractivity contribution in [3.8, 4) is 5.75 Å². The molecule has 1 saturated heterocycles. The lowest BCUT2D eigenvalue weighted by atomic mass is 9.88. The van der Waals surface area contributed by atoms with Crippen molar-refractivity contribution in [2.75, 3.05) is 27.2 Å². The van der Waals surface area contributed by atoms with Gasteiger partial charge in [0, 0.05) is 30.2 Å². The van der Waals surface area contributed by atoms with Crippen LogP contribution in [0.25, 0.3) is 0 Å². The van der Waals surface area contributed by atoms with Crippen molar-refractivity contribution < 1.29 is 4.74 Å². The summed E-state index contributed by atoms with van der Waals surface area (Å²) < 4.78 is 5.54. The highest BCUT2D eigenvalue weighted by atomic mass is 16.5. The predicted octanol–water partition coefficient (Wildman–Crippen LogP) is 3.14. The first-order valence-corrected chi connectivity index (χ1v) is 7.56. The third-order valence-electron chi connectivity index (χ3n) is 4.89. The molecule has 1 atom stereocenters. The highest BCUT2D eigenvalue weighted by Crippen LogP contribution is 2.33. The molecule has 1 N–H and O–H groups in total. The number of aryl methyl sites for hydroxylation is 1. The number of likely N-dealkylation sites (tertiary alicyclic amines) is 1. The summed E-state index contributed by atoms with van der Waals surface area (Å²) in [7, 11) is 3.83. The number of ether oxygens (including phenoxy) is 1. The molecule has 0 amide bonds. The van der Waals surface area contributed by atoms with Crippen LogP contribution in [0.5, 0.6) is 5.75 Å². The van der Waals surface area contributed by atoms with Crippen LogP contribution in [0, 0.1) is 6.92 Å². The number of hydrogen-bond donors (Lipinski definition) is 1. The van der Waals surface area contributed by atoms with Crippen molar-refractivity contribution in [2.24, 2.45) is 0 Å². The quantitative estimate of drug-likeness (QED) is 0.914. The van der Waals surface area contributed by atoms with Crippen molar-refractivity contribution in [1.82, 2.24) is 10.2 Å². The van der Waals surface area contributed by atoms with Gasteiger partial charge in [-0.3, -0.25) is 4.90 Å². The molecule has 112 valence electrons. The average molecular weight is 276 g/mol. The molecule has 0 spiro atoms. The zero-order valence-electron chi connectivity index (χ0n) is 13.5. The zero-order chi connectivity index (χ0) is 14.8. The van der Waals surface area contributed by atoms with Gasteiger partial charge in [-0.25, -0.2) is 0 Å². The Morgan fingerprint density at radius 3 is 2.50 bits per heavy atom. The predicted molar refractivity (Wildman–Crippen MR) is 84.4 cm³/mol. The molecule has 1 aliphatic rings. The molecule has 3 heteroatoms. The van der Waals surface area contributed by atoms with Crippen LogP contribution in [0.3, 0.4) is 0 Å². The van der Waals surface area contributed by atoms with Gasteiger partial charge in [-0.2, -0.15) is 0 Å². The molecule has 0 bridgehead atoms. The largest absolute Gasteiger partial charge is 0.496 e. The lowest BCUT2D eigenvalue weighted by molar-refractivity contribution is 0.116. The third-order valence-corrected chi connectivity index (χ3v) is 4.89. The lowest BCUT2D eigenvalue weighted by Gasteiger charge is -2.42. The summed E-state index contributed by atoms with van der Waals surface area (Å²) in [4.78, 5) is 2.57. The van der Waals surface area contributed by atoms with E-state index in [1.54, 1.807) is 7.11 Å². The number of benzene rings is 1. The van der Waals surface area contributed by atoms with Crippen LogP contribution in [0.4, 0.5) is 0 Å². The van der Waals surface area contributed by atoms with E-state index in [0.717, 1.165) is 18.8 Å². The Kier molecular flexibility index (Phi) is 4.71. The molecule has 3 nitrogen and oxygen atoms in total. The molecule has 0 saturated carbocycles. The summed E-state index contributed by atoms with van der Waals surface area (Å²) in [5, 5.41) is 3.46. The van der Waals surface area contributed by atoms with E-state index in [4.69, 9.17) is 4.74 Å². The Labute approximate surface area is 123 Å². The summed E-state index contributed by atoms with van der Waals surface area (Å²) in [6, 6.07) is 6.87. The molecule has 2 rings (SSSR count). The van der Waals surface area contributed by atoms with Crippen molar-refractivity contribution in [2.45, 2.75) is 45.2 Å². The summed E-state index contributed by atoms with van der Waals surface area (Å²) in [6.07, 6.45) is 2.39. The maximum Gasteiger partial charge on any atom is 0.123 e. The van der Waals surface area contributed by atoms with Crippen molar-refractivity contribution >= 4 is 0 Å². The Morgan fingerprint density at radius 1 is 1.30 bits per heavy atom. The molecular weight excluding hydrogens is 248 g/mol. The standard InChI is InChI=1S/C17H28N2O/c1-13-6-7-16(20-5)15(12-13)14(2)19-10-8-17(3,18-4)9-11-19/h6-7,12,14,18H,8-11H2,1-5H3. The molecule has 0 aliphatic carbocycles. The number of nitrogens with one attached hydrogen (secondary N) is 1. The second-order valence-corrected chi connectivity index (χ2v) is 6.27. The average Bonchev–Trinajstić information content (AvgIpc) is 2.47. The number of methoxy groups -OCH3 is 1. The van der Waals surface area contributed by atoms with E-state index in [-0.39, 0.29) is 0 Å². The first-order chi connectivity index (χ1) is 9.49. The third kappa shape index (κ3) is 3.15. The van der Waals surface area contributed by atoms with E-state index in [1.165, 1.54) is 24.0 Å². The van der Waals surface area contributed by atoms with Gasteiger partial charge in [0.25, 0.3) is 0 Å². The Bertz CT molecular complexity index is 450. The molecule has 0 radical (unpaired) electrons. The Hall–Kier alpha value is -1.06. The van der Waals surface area contributed by atoms with Crippen LogP contribution in [-0.2, 0) is 0 Å². The normalized spacial score (nSPS) is 20.6. The van der Waals surface area contributed by atoms with Gasteiger partial charge in [0.2, 0.25) is 0 Å². The van der Waals surface area contributed by atoms with E-state index >= 15 is 0 Å². The van der Waals surface area contributed by atoms with Gasteiger partial charge in [0.05, 0.1) is 7.11 Å². The zero-order valence-corrected chi connectivity index (χ0v) is 13.5. The maximum atomic E-state index is 5.54. The highest BCUT2D eigenvalue weighted by molar-refractivity contribution is 5.39. The van der Waals surface area contributed by atoms with E-state index < -0.39 is 0 Å². The molecule has 1 aromatic rings. The highest BCUT2D eigenvalue weighted by Gasteiger charge is 2.31. The topological polar surface area (TPSA) is 24.5 Å². The number of hydrogen-bond acceptors (Lipinski definition) is 3. The fraction of sp³-hybridized carbons (Fsp3) is 0.647. The van der Waals surface area contributed by atoms with Crippen molar-refractivity contribution in [3.05, 3.63) is 29.3 Å². The van der Waals surface area contributed by atoms with Gasteiger partial charge in [0.15, 0.2) is 0 Å². The van der Waals surface area contributed by atoms with Crippen LogP contribution in [0.2, 0.25) is 0 Å². The van der Waals surface area contributed by atoms with Crippen LogP contribution < -0.4 is 10.1 Å². The summed E-state index contributed by atoms with van der Waals surface area (Å²) in [6.45, 7) is 9.02. The maximum absolute atomic E-state index is 5.54. The van der Waals surface area contributed by atoms with Gasteiger partial charge in [0.1, 0.15) is 5.75 Å².